The lowest BCUT2D eigenvalue weighted by atomic mass is 10.00. The van der Waals surface area contributed by atoms with Crippen molar-refractivity contribution in [2.75, 3.05) is 26.2 Å². The van der Waals surface area contributed by atoms with Crippen LogP contribution in [0, 0.1) is 6.92 Å². The van der Waals surface area contributed by atoms with E-state index in [4.69, 9.17) is 0 Å². The Kier molecular flexibility index (Phi) is 4.35. The molecule has 0 bridgehead atoms. The van der Waals surface area contributed by atoms with E-state index in [-0.39, 0.29) is 0 Å². The highest BCUT2D eigenvalue weighted by molar-refractivity contribution is 5.24. The molecule has 1 aliphatic rings. The molecule has 0 amide bonds. The van der Waals surface area contributed by atoms with Crippen molar-refractivity contribution in [1.82, 2.24) is 10.2 Å². The summed E-state index contributed by atoms with van der Waals surface area (Å²) in [6.07, 6.45) is 3.07. The molecule has 92 valence electrons. The first-order chi connectivity index (χ1) is 8.31. The molecule has 0 saturated carbocycles. The van der Waals surface area contributed by atoms with Gasteiger partial charge in [0.1, 0.15) is 0 Å². The van der Waals surface area contributed by atoms with Crippen molar-refractivity contribution in [2.24, 2.45) is 0 Å². The fourth-order valence-corrected chi connectivity index (χ4v) is 2.44. The minimum Gasteiger partial charge on any atom is -0.314 e. The molecule has 1 saturated heterocycles. The Morgan fingerprint density at radius 1 is 1.29 bits per heavy atom. The van der Waals surface area contributed by atoms with Crippen LogP contribution >= 0.6 is 0 Å². The molecule has 1 N–H and O–H groups in total. The first-order valence-corrected chi connectivity index (χ1v) is 6.43. The predicted molar refractivity (Wildman–Crippen MR) is 73.2 cm³/mol. The van der Waals surface area contributed by atoms with Crippen LogP contribution in [0.1, 0.15) is 23.6 Å². The number of nitrogens with zero attached hydrogens (tertiary/aromatic N) is 1. The molecular weight excluding hydrogens is 208 g/mol. The van der Waals surface area contributed by atoms with E-state index in [1.807, 2.05) is 6.08 Å². The highest BCUT2D eigenvalue weighted by Gasteiger charge is 2.20. The molecule has 0 aliphatic carbocycles. The van der Waals surface area contributed by atoms with Gasteiger partial charge in [-0.2, -0.15) is 0 Å². The maximum Gasteiger partial charge on any atom is 0.0383 e. The second kappa shape index (κ2) is 5.99. The van der Waals surface area contributed by atoms with Crippen LogP contribution in [0.15, 0.2) is 36.9 Å². The summed E-state index contributed by atoms with van der Waals surface area (Å²) >= 11 is 0. The number of piperazine rings is 1. The van der Waals surface area contributed by atoms with Gasteiger partial charge in [-0.3, -0.25) is 4.90 Å². The number of rotatable bonds is 4. The molecule has 0 aromatic heterocycles. The van der Waals surface area contributed by atoms with Crippen LogP contribution < -0.4 is 5.32 Å². The van der Waals surface area contributed by atoms with Crippen LogP contribution in [0.4, 0.5) is 0 Å². The SMILES string of the molecule is C=CC[C@H](c1ccc(C)cc1)N1CCNCC1. The van der Waals surface area contributed by atoms with Crippen molar-refractivity contribution in [2.45, 2.75) is 19.4 Å². The Morgan fingerprint density at radius 2 is 1.94 bits per heavy atom. The number of nitrogens with one attached hydrogen (secondary N) is 1. The van der Waals surface area contributed by atoms with Crippen molar-refractivity contribution in [3.63, 3.8) is 0 Å². The topological polar surface area (TPSA) is 15.3 Å². The number of hydrogen-bond donors (Lipinski definition) is 1. The molecule has 0 unspecified atom stereocenters. The van der Waals surface area contributed by atoms with Gasteiger partial charge in [0, 0.05) is 32.2 Å². The second-order valence-corrected chi connectivity index (χ2v) is 4.74. The molecule has 1 aromatic carbocycles. The van der Waals surface area contributed by atoms with E-state index >= 15 is 0 Å². The zero-order valence-electron chi connectivity index (χ0n) is 10.7. The summed E-state index contributed by atoms with van der Waals surface area (Å²) in [6.45, 7) is 10.5. The average molecular weight is 230 g/mol. The van der Waals surface area contributed by atoms with Crippen LogP contribution in [0.5, 0.6) is 0 Å². The van der Waals surface area contributed by atoms with Crippen molar-refractivity contribution >= 4 is 0 Å². The molecule has 1 heterocycles. The summed E-state index contributed by atoms with van der Waals surface area (Å²) in [5, 5.41) is 3.40. The Morgan fingerprint density at radius 3 is 2.53 bits per heavy atom. The Balaban J connectivity index is 2.15. The van der Waals surface area contributed by atoms with Crippen molar-refractivity contribution in [1.29, 1.82) is 0 Å². The molecule has 17 heavy (non-hydrogen) atoms. The van der Waals surface area contributed by atoms with Crippen molar-refractivity contribution < 1.29 is 0 Å². The minimum atomic E-state index is 0.496. The van der Waals surface area contributed by atoms with Gasteiger partial charge in [0.05, 0.1) is 0 Å². The third kappa shape index (κ3) is 3.18. The van der Waals surface area contributed by atoms with Gasteiger partial charge >= 0.3 is 0 Å². The van der Waals surface area contributed by atoms with Gasteiger partial charge in [-0.1, -0.05) is 35.9 Å². The van der Waals surface area contributed by atoms with E-state index in [9.17, 15) is 0 Å². The van der Waals surface area contributed by atoms with E-state index in [0.29, 0.717) is 6.04 Å². The number of benzene rings is 1. The molecule has 2 rings (SSSR count). The van der Waals surface area contributed by atoms with E-state index in [0.717, 1.165) is 32.6 Å². The molecule has 1 atom stereocenters. The van der Waals surface area contributed by atoms with Crippen LogP contribution in [-0.2, 0) is 0 Å². The lowest BCUT2D eigenvalue weighted by Crippen LogP contribution is -2.45. The third-order valence-corrected chi connectivity index (χ3v) is 3.44. The molecule has 0 spiro atoms. The van der Waals surface area contributed by atoms with Crippen LogP contribution in [0.3, 0.4) is 0 Å². The zero-order valence-corrected chi connectivity index (χ0v) is 10.7. The lowest BCUT2D eigenvalue weighted by molar-refractivity contribution is 0.174. The summed E-state index contributed by atoms with van der Waals surface area (Å²) in [4.78, 5) is 2.56. The van der Waals surface area contributed by atoms with E-state index < -0.39 is 0 Å². The van der Waals surface area contributed by atoms with Crippen molar-refractivity contribution in [3.8, 4) is 0 Å². The molecule has 1 fully saturated rings. The Hall–Kier alpha value is -1.12. The summed E-state index contributed by atoms with van der Waals surface area (Å²) in [6, 6.07) is 9.41. The molecule has 1 aromatic rings. The van der Waals surface area contributed by atoms with E-state index in [2.05, 4.69) is 48.0 Å². The second-order valence-electron chi connectivity index (χ2n) is 4.74. The minimum absolute atomic E-state index is 0.496. The third-order valence-electron chi connectivity index (χ3n) is 3.44. The summed E-state index contributed by atoms with van der Waals surface area (Å²) in [5.74, 6) is 0. The molecular formula is C15H22N2. The van der Waals surface area contributed by atoms with Gasteiger partial charge in [-0.15, -0.1) is 6.58 Å². The predicted octanol–water partition coefficient (Wildman–Crippen LogP) is 2.52. The van der Waals surface area contributed by atoms with Crippen LogP contribution in [0.2, 0.25) is 0 Å². The average Bonchev–Trinajstić information content (AvgIpc) is 2.38. The fourth-order valence-electron chi connectivity index (χ4n) is 2.44. The summed E-state index contributed by atoms with van der Waals surface area (Å²) < 4.78 is 0. The normalized spacial score (nSPS) is 18.9. The monoisotopic (exact) mass is 230 g/mol. The van der Waals surface area contributed by atoms with Crippen molar-refractivity contribution in [3.05, 3.63) is 48.0 Å². The van der Waals surface area contributed by atoms with E-state index in [1.54, 1.807) is 0 Å². The van der Waals surface area contributed by atoms with Gasteiger partial charge in [-0.05, 0) is 18.9 Å². The molecule has 0 radical (unpaired) electrons. The highest BCUT2D eigenvalue weighted by atomic mass is 15.2. The number of hydrogen-bond acceptors (Lipinski definition) is 2. The zero-order chi connectivity index (χ0) is 12.1. The molecule has 1 aliphatic heterocycles. The maximum atomic E-state index is 3.90. The number of aryl methyl sites for hydroxylation is 1. The first-order valence-electron chi connectivity index (χ1n) is 6.43. The van der Waals surface area contributed by atoms with Gasteiger partial charge < -0.3 is 5.32 Å². The smallest absolute Gasteiger partial charge is 0.0383 e. The standard InChI is InChI=1S/C15H22N2/c1-3-4-15(17-11-9-16-10-12-17)14-7-5-13(2)6-8-14/h3,5-8,15-16H,1,4,9-12H2,2H3/t15-/m1/s1. The van der Waals surface area contributed by atoms with Gasteiger partial charge in [-0.25, -0.2) is 0 Å². The maximum absolute atomic E-state index is 3.90. The first kappa shape index (κ1) is 12.3. The summed E-state index contributed by atoms with van der Waals surface area (Å²) in [5.41, 5.74) is 2.74. The van der Waals surface area contributed by atoms with Crippen LogP contribution in [-0.4, -0.2) is 31.1 Å². The quantitative estimate of drug-likeness (QED) is 0.800. The van der Waals surface area contributed by atoms with Crippen LogP contribution in [0.25, 0.3) is 0 Å². The highest BCUT2D eigenvalue weighted by Crippen LogP contribution is 2.25. The Bertz CT molecular complexity index is 350. The molecule has 2 heteroatoms. The molecule has 2 nitrogen and oxygen atoms in total. The lowest BCUT2D eigenvalue weighted by Gasteiger charge is -2.34. The fraction of sp³-hybridized carbons (Fsp3) is 0.467. The Labute approximate surface area is 104 Å². The van der Waals surface area contributed by atoms with E-state index in [1.165, 1.54) is 11.1 Å². The van der Waals surface area contributed by atoms with Gasteiger partial charge in [0.15, 0.2) is 0 Å². The van der Waals surface area contributed by atoms with Gasteiger partial charge in [0.2, 0.25) is 0 Å². The van der Waals surface area contributed by atoms with Gasteiger partial charge in [0.25, 0.3) is 0 Å². The largest absolute Gasteiger partial charge is 0.314 e. The summed E-state index contributed by atoms with van der Waals surface area (Å²) in [7, 11) is 0.